The summed E-state index contributed by atoms with van der Waals surface area (Å²) in [5, 5.41) is 3.30. The average Bonchev–Trinajstić information content (AvgIpc) is 2.72. The first kappa shape index (κ1) is 20.3. The van der Waals surface area contributed by atoms with Gasteiger partial charge in [-0.25, -0.2) is 4.79 Å². The maximum atomic E-state index is 12.1. The third kappa shape index (κ3) is 6.34. The highest BCUT2D eigenvalue weighted by Crippen LogP contribution is 2.11. The van der Waals surface area contributed by atoms with Crippen molar-refractivity contribution in [3.05, 3.63) is 70.2 Å². The lowest BCUT2D eigenvalue weighted by molar-refractivity contribution is -0.124. The molecule has 1 saturated heterocycles. The van der Waals surface area contributed by atoms with E-state index in [1.54, 1.807) is 24.3 Å². The van der Waals surface area contributed by atoms with Gasteiger partial charge in [-0.1, -0.05) is 35.9 Å². The quantitative estimate of drug-likeness (QED) is 0.721. The van der Waals surface area contributed by atoms with Crippen LogP contribution in [0.15, 0.2) is 48.5 Å². The van der Waals surface area contributed by atoms with Crippen LogP contribution in [-0.4, -0.2) is 49.7 Å². The van der Waals surface area contributed by atoms with E-state index in [-0.39, 0.29) is 12.5 Å². The number of hydrogen-bond acceptors (Lipinski definition) is 5. The maximum Gasteiger partial charge on any atom is 0.338 e. The number of carbonyl (C=O) groups excluding carboxylic acids is 2. The third-order valence-electron chi connectivity index (χ3n) is 4.41. The van der Waals surface area contributed by atoms with Crippen molar-refractivity contribution in [2.24, 2.45) is 0 Å². The van der Waals surface area contributed by atoms with Crippen LogP contribution >= 0.6 is 11.6 Å². The SMILES string of the molecule is O=C(COC(=O)c1ccc(CN2CCOCC2)cc1)NCc1cccc(Cl)c1. The smallest absolute Gasteiger partial charge is 0.338 e. The van der Waals surface area contributed by atoms with Gasteiger partial charge in [-0.05, 0) is 35.4 Å². The Hall–Kier alpha value is -2.41. The van der Waals surface area contributed by atoms with Crippen molar-refractivity contribution in [2.75, 3.05) is 32.9 Å². The van der Waals surface area contributed by atoms with E-state index in [0.29, 0.717) is 17.1 Å². The summed E-state index contributed by atoms with van der Waals surface area (Å²) in [5.74, 6) is -0.881. The number of esters is 1. The molecule has 28 heavy (non-hydrogen) atoms. The Balaban J connectivity index is 1.41. The summed E-state index contributed by atoms with van der Waals surface area (Å²) in [5.41, 5.74) is 2.43. The lowest BCUT2D eigenvalue weighted by Crippen LogP contribution is -2.35. The highest BCUT2D eigenvalue weighted by atomic mass is 35.5. The summed E-state index contributed by atoms with van der Waals surface area (Å²) in [6.45, 7) is 4.16. The van der Waals surface area contributed by atoms with Gasteiger partial charge in [0.05, 0.1) is 18.8 Å². The molecule has 1 N–H and O–H groups in total. The molecular formula is C21H23ClN2O4. The van der Waals surface area contributed by atoms with Crippen LogP contribution in [0.1, 0.15) is 21.5 Å². The Kier molecular flexibility index (Phi) is 7.42. The molecule has 1 aliphatic heterocycles. The topological polar surface area (TPSA) is 67.9 Å². The Morgan fingerprint density at radius 2 is 1.82 bits per heavy atom. The number of morpholine rings is 1. The third-order valence-corrected chi connectivity index (χ3v) is 4.65. The van der Waals surface area contributed by atoms with Crippen molar-refractivity contribution >= 4 is 23.5 Å². The molecule has 0 atom stereocenters. The minimum atomic E-state index is -0.518. The first-order chi connectivity index (χ1) is 13.6. The number of rotatable bonds is 7. The minimum Gasteiger partial charge on any atom is -0.452 e. The molecule has 1 amide bonds. The van der Waals surface area contributed by atoms with E-state index in [2.05, 4.69) is 10.2 Å². The van der Waals surface area contributed by atoms with E-state index in [1.165, 1.54) is 0 Å². The van der Waals surface area contributed by atoms with Crippen molar-refractivity contribution in [3.8, 4) is 0 Å². The molecule has 148 valence electrons. The van der Waals surface area contributed by atoms with Crippen molar-refractivity contribution in [3.63, 3.8) is 0 Å². The van der Waals surface area contributed by atoms with Crippen LogP contribution < -0.4 is 5.32 Å². The maximum absolute atomic E-state index is 12.1. The van der Waals surface area contributed by atoms with E-state index in [9.17, 15) is 9.59 Å². The second-order valence-electron chi connectivity index (χ2n) is 6.57. The monoisotopic (exact) mass is 402 g/mol. The number of carbonyl (C=O) groups is 2. The van der Waals surface area contributed by atoms with Gasteiger partial charge in [0.15, 0.2) is 6.61 Å². The molecule has 1 aliphatic rings. The van der Waals surface area contributed by atoms with Gasteiger partial charge in [0, 0.05) is 31.2 Å². The summed E-state index contributed by atoms with van der Waals surface area (Å²) in [4.78, 5) is 26.3. The van der Waals surface area contributed by atoms with E-state index in [0.717, 1.165) is 44.0 Å². The van der Waals surface area contributed by atoms with Crippen LogP contribution in [0.3, 0.4) is 0 Å². The van der Waals surface area contributed by atoms with Gasteiger partial charge < -0.3 is 14.8 Å². The zero-order valence-corrected chi connectivity index (χ0v) is 16.3. The molecule has 0 bridgehead atoms. The Labute approximate surface area is 169 Å². The standard InChI is InChI=1S/C21H23ClN2O4/c22-19-3-1-2-17(12-19)13-23-20(25)15-28-21(26)18-6-4-16(5-7-18)14-24-8-10-27-11-9-24/h1-7,12H,8-11,13-15H2,(H,23,25). The molecule has 1 heterocycles. The Morgan fingerprint density at radius 1 is 1.07 bits per heavy atom. The number of halogens is 1. The molecule has 0 spiro atoms. The fraction of sp³-hybridized carbons (Fsp3) is 0.333. The van der Waals surface area contributed by atoms with E-state index < -0.39 is 5.97 Å². The molecule has 0 saturated carbocycles. The second kappa shape index (κ2) is 10.2. The highest BCUT2D eigenvalue weighted by Gasteiger charge is 2.13. The predicted molar refractivity (Wildman–Crippen MR) is 106 cm³/mol. The lowest BCUT2D eigenvalue weighted by atomic mass is 10.1. The molecule has 0 radical (unpaired) electrons. The van der Waals surface area contributed by atoms with Crippen molar-refractivity contribution < 1.29 is 19.1 Å². The lowest BCUT2D eigenvalue weighted by Gasteiger charge is -2.26. The molecule has 1 fully saturated rings. The van der Waals surface area contributed by atoms with Crippen molar-refractivity contribution in [1.29, 1.82) is 0 Å². The zero-order valence-electron chi connectivity index (χ0n) is 15.5. The molecule has 2 aromatic carbocycles. The Bertz CT molecular complexity index is 804. The van der Waals surface area contributed by atoms with Gasteiger partial charge in [0.25, 0.3) is 5.91 Å². The predicted octanol–water partition coefficient (Wildman–Crippen LogP) is 2.65. The number of amides is 1. The molecular weight excluding hydrogens is 380 g/mol. The molecule has 3 rings (SSSR count). The van der Waals surface area contributed by atoms with Crippen LogP contribution in [0.2, 0.25) is 5.02 Å². The Morgan fingerprint density at radius 3 is 2.54 bits per heavy atom. The molecule has 0 aromatic heterocycles. The first-order valence-corrected chi connectivity index (χ1v) is 9.55. The van der Waals surface area contributed by atoms with E-state index in [1.807, 2.05) is 24.3 Å². The fourth-order valence-electron chi connectivity index (χ4n) is 2.88. The van der Waals surface area contributed by atoms with Gasteiger partial charge in [0.2, 0.25) is 0 Å². The van der Waals surface area contributed by atoms with Crippen molar-refractivity contribution in [2.45, 2.75) is 13.1 Å². The fourth-order valence-corrected chi connectivity index (χ4v) is 3.09. The molecule has 0 aliphatic carbocycles. The largest absolute Gasteiger partial charge is 0.452 e. The molecule has 2 aromatic rings. The highest BCUT2D eigenvalue weighted by molar-refractivity contribution is 6.30. The van der Waals surface area contributed by atoms with E-state index in [4.69, 9.17) is 21.1 Å². The summed E-state index contributed by atoms with van der Waals surface area (Å²) in [6, 6.07) is 14.5. The van der Waals surface area contributed by atoms with Crippen LogP contribution in [0, 0.1) is 0 Å². The van der Waals surface area contributed by atoms with Gasteiger partial charge >= 0.3 is 5.97 Å². The van der Waals surface area contributed by atoms with Crippen molar-refractivity contribution in [1.82, 2.24) is 10.2 Å². The van der Waals surface area contributed by atoms with Crippen LogP contribution in [-0.2, 0) is 27.4 Å². The van der Waals surface area contributed by atoms with Gasteiger partial charge in [-0.3, -0.25) is 9.69 Å². The van der Waals surface area contributed by atoms with Gasteiger partial charge in [-0.2, -0.15) is 0 Å². The zero-order chi connectivity index (χ0) is 19.8. The molecule has 0 unspecified atom stereocenters. The van der Waals surface area contributed by atoms with Crippen LogP contribution in [0.5, 0.6) is 0 Å². The van der Waals surface area contributed by atoms with Crippen LogP contribution in [0.25, 0.3) is 0 Å². The van der Waals surface area contributed by atoms with Gasteiger partial charge in [-0.15, -0.1) is 0 Å². The summed E-state index contributed by atoms with van der Waals surface area (Å²) >= 11 is 5.91. The number of hydrogen-bond donors (Lipinski definition) is 1. The minimum absolute atomic E-state index is 0.324. The van der Waals surface area contributed by atoms with Gasteiger partial charge in [0.1, 0.15) is 0 Å². The second-order valence-corrected chi connectivity index (χ2v) is 7.00. The average molecular weight is 403 g/mol. The first-order valence-electron chi connectivity index (χ1n) is 9.17. The van der Waals surface area contributed by atoms with Crippen LogP contribution in [0.4, 0.5) is 0 Å². The number of nitrogens with zero attached hydrogens (tertiary/aromatic N) is 1. The molecule has 6 nitrogen and oxygen atoms in total. The summed E-state index contributed by atoms with van der Waals surface area (Å²) in [6.07, 6.45) is 0. The number of benzene rings is 2. The normalized spacial score (nSPS) is 14.5. The number of nitrogens with one attached hydrogen (secondary N) is 1. The van der Waals surface area contributed by atoms with E-state index >= 15 is 0 Å². The summed E-state index contributed by atoms with van der Waals surface area (Å²) in [7, 11) is 0. The molecule has 7 heteroatoms. The summed E-state index contributed by atoms with van der Waals surface area (Å²) < 4.78 is 10.4. The number of ether oxygens (including phenoxy) is 2.